The van der Waals surface area contributed by atoms with E-state index >= 15 is 0 Å². The predicted octanol–water partition coefficient (Wildman–Crippen LogP) is 1.39. The lowest BCUT2D eigenvalue weighted by Crippen LogP contribution is -1.84. The van der Waals surface area contributed by atoms with Crippen LogP contribution in [0.15, 0.2) is 22.6 Å². The Hall–Kier alpha value is -1.95. The summed E-state index contributed by atoms with van der Waals surface area (Å²) in [6.45, 7) is 0. The fraction of sp³-hybridized carbons (Fsp3) is 0. The van der Waals surface area contributed by atoms with Crippen molar-refractivity contribution in [1.82, 2.24) is 4.98 Å². The number of hydrogen-bond donors (Lipinski definition) is 1. The molecule has 2 rings (SSSR count). The molecule has 58 valence electrons. The zero-order valence-electron chi connectivity index (χ0n) is 6.24. The lowest BCUT2D eigenvalue weighted by atomic mass is 10.3. The van der Waals surface area contributed by atoms with Crippen molar-refractivity contribution >= 4 is 16.8 Å². The van der Waals surface area contributed by atoms with Crippen LogP contribution in [0.1, 0.15) is 5.89 Å². The van der Waals surface area contributed by atoms with Crippen molar-refractivity contribution < 1.29 is 4.42 Å². The maximum atomic E-state index is 5.63. The van der Waals surface area contributed by atoms with Gasteiger partial charge in [-0.1, -0.05) is 6.07 Å². The minimum atomic E-state index is 0.267. The van der Waals surface area contributed by atoms with Crippen LogP contribution in [0.2, 0.25) is 0 Å². The summed E-state index contributed by atoms with van der Waals surface area (Å²) >= 11 is 0. The summed E-state index contributed by atoms with van der Waals surface area (Å²) in [6, 6.07) is 5.33. The number of fused-ring (bicyclic) bond motifs is 1. The highest BCUT2D eigenvalue weighted by molar-refractivity contribution is 5.85. The first-order chi connectivity index (χ1) is 5.81. The minimum Gasteiger partial charge on any atom is -0.430 e. The summed E-state index contributed by atoms with van der Waals surface area (Å²) in [5.41, 5.74) is 7.47. The minimum absolute atomic E-state index is 0.267. The molecule has 0 amide bonds. The fourth-order valence-corrected chi connectivity index (χ4v) is 1.03. The Morgan fingerprint density at radius 1 is 1.50 bits per heavy atom. The number of aromatic nitrogens is 1. The average Bonchev–Trinajstić information content (AvgIpc) is 2.49. The Morgan fingerprint density at radius 3 is 3.00 bits per heavy atom. The molecule has 0 saturated heterocycles. The Balaban J connectivity index is 2.85. The molecular formula is C9H6N2O. The van der Waals surface area contributed by atoms with Crippen molar-refractivity contribution in [2.24, 2.45) is 0 Å². The summed E-state index contributed by atoms with van der Waals surface area (Å²) in [5.74, 6) is 2.58. The van der Waals surface area contributed by atoms with Crippen LogP contribution in [0.25, 0.3) is 11.1 Å². The van der Waals surface area contributed by atoms with Crippen LogP contribution in [0, 0.1) is 12.3 Å². The topological polar surface area (TPSA) is 52.0 Å². The highest BCUT2D eigenvalue weighted by atomic mass is 16.3. The summed E-state index contributed by atoms with van der Waals surface area (Å²) < 4.78 is 5.17. The summed E-state index contributed by atoms with van der Waals surface area (Å²) in [7, 11) is 0. The van der Waals surface area contributed by atoms with E-state index in [2.05, 4.69) is 10.9 Å². The van der Waals surface area contributed by atoms with E-state index in [1.165, 1.54) is 0 Å². The molecule has 0 aliphatic carbocycles. The maximum Gasteiger partial charge on any atom is 0.274 e. The van der Waals surface area contributed by atoms with Gasteiger partial charge in [0.2, 0.25) is 0 Å². The quantitative estimate of drug-likeness (QED) is 0.465. The number of para-hydroxylation sites is 1. The molecule has 0 unspecified atom stereocenters. The third-order valence-corrected chi connectivity index (χ3v) is 1.57. The monoisotopic (exact) mass is 158 g/mol. The molecule has 0 atom stereocenters. The van der Waals surface area contributed by atoms with Gasteiger partial charge in [0.25, 0.3) is 5.89 Å². The molecular weight excluding hydrogens is 152 g/mol. The van der Waals surface area contributed by atoms with E-state index in [1.807, 2.05) is 0 Å². The van der Waals surface area contributed by atoms with E-state index in [-0.39, 0.29) is 5.89 Å². The molecule has 2 N–H and O–H groups in total. The smallest absolute Gasteiger partial charge is 0.274 e. The second kappa shape index (κ2) is 2.28. The van der Waals surface area contributed by atoms with E-state index in [4.69, 9.17) is 16.6 Å². The van der Waals surface area contributed by atoms with Gasteiger partial charge in [-0.25, -0.2) is 0 Å². The van der Waals surface area contributed by atoms with Crippen molar-refractivity contribution in [3.63, 3.8) is 0 Å². The largest absolute Gasteiger partial charge is 0.430 e. The molecule has 1 aromatic carbocycles. The standard InChI is InChI=1S/C9H6N2O/c1-2-8-11-9-6(10)4-3-5-7(9)12-8/h1,3-5H,10H2. The van der Waals surface area contributed by atoms with Gasteiger partial charge < -0.3 is 10.2 Å². The number of benzene rings is 1. The summed E-state index contributed by atoms with van der Waals surface area (Å²) in [4.78, 5) is 4.00. The van der Waals surface area contributed by atoms with Gasteiger partial charge in [-0.2, -0.15) is 4.98 Å². The van der Waals surface area contributed by atoms with E-state index in [0.717, 1.165) is 0 Å². The summed E-state index contributed by atoms with van der Waals surface area (Å²) in [5, 5.41) is 0. The lowest BCUT2D eigenvalue weighted by Gasteiger charge is -1.89. The summed E-state index contributed by atoms with van der Waals surface area (Å²) in [6.07, 6.45) is 5.12. The number of nitrogens with two attached hydrogens (primary N) is 1. The molecule has 12 heavy (non-hydrogen) atoms. The van der Waals surface area contributed by atoms with Gasteiger partial charge in [-0.3, -0.25) is 0 Å². The third kappa shape index (κ3) is 0.823. The zero-order valence-corrected chi connectivity index (χ0v) is 6.24. The Labute approximate surface area is 69.2 Å². The highest BCUT2D eigenvalue weighted by Gasteiger charge is 2.04. The number of rotatable bonds is 0. The van der Waals surface area contributed by atoms with E-state index in [1.54, 1.807) is 18.2 Å². The van der Waals surface area contributed by atoms with Crippen LogP contribution in [-0.2, 0) is 0 Å². The molecule has 0 fully saturated rings. The van der Waals surface area contributed by atoms with Crippen molar-refractivity contribution in [1.29, 1.82) is 0 Å². The van der Waals surface area contributed by atoms with Gasteiger partial charge in [-0.15, -0.1) is 6.42 Å². The van der Waals surface area contributed by atoms with Gasteiger partial charge in [0.05, 0.1) is 5.69 Å². The molecule has 0 radical (unpaired) electrons. The van der Waals surface area contributed by atoms with Crippen molar-refractivity contribution in [3.05, 3.63) is 24.1 Å². The fourth-order valence-electron chi connectivity index (χ4n) is 1.03. The molecule has 1 aromatic heterocycles. The van der Waals surface area contributed by atoms with Gasteiger partial charge in [0.1, 0.15) is 5.52 Å². The number of nitrogen functional groups attached to an aromatic ring is 1. The predicted molar refractivity (Wildman–Crippen MR) is 46.4 cm³/mol. The Bertz CT molecular complexity index is 465. The maximum absolute atomic E-state index is 5.63. The number of terminal acetylenes is 1. The van der Waals surface area contributed by atoms with Crippen LogP contribution < -0.4 is 5.73 Å². The van der Waals surface area contributed by atoms with Crippen LogP contribution in [0.5, 0.6) is 0 Å². The SMILES string of the molecule is C#Cc1nc2c(N)cccc2o1. The third-order valence-electron chi connectivity index (χ3n) is 1.57. The number of oxazole rings is 1. The molecule has 2 aromatic rings. The molecule has 1 heterocycles. The highest BCUT2D eigenvalue weighted by Crippen LogP contribution is 2.20. The second-order valence-corrected chi connectivity index (χ2v) is 2.36. The lowest BCUT2D eigenvalue weighted by molar-refractivity contribution is 0.586. The molecule has 0 bridgehead atoms. The van der Waals surface area contributed by atoms with E-state index < -0.39 is 0 Å². The molecule has 3 heteroatoms. The van der Waals surface area contributed by atoms with Crippen molar-refractivity contribution in [2.45, 2.75) is 0 Å². The van der Waals surface area contributed by atoms with Crippen LogP contribution in [0.4, 0.5) is 5.69 Å². The van der Waals surface area contributed by atoms with Crippen LogP contribution in [-0.4, -0.2) is 4.98 Å². The Morgan fingerprint density at radius 2 is 2.33 bits per heavy atom. The molecule has 0 saturated carbocycles. The Kier molecular flexibility index (Phi) is 1.28. The first kappa shape index (κ1) is 6.74. The van der Waals surface area contributed by atoms with E-state index in [0.29, 0.717) is 16.8 Å². The van der Waals surface area contributed by atoms with Crippen LogP contribution >= 0.6 is 0 Å². The molecule has 0 spiro atoms. The molecule has 3 nitrogen and oxygen atoms in total. The van der Waals surface area contributed by atoms with Crippen LogP contribution in [0.3, 0.4) is 0 Å². The first-order valence-corrected chi connectivity index (χ1v) is 3.43. The normalized spacial score (nSPS) is 9.92. The average molecular weight is 158 g/mol. The second-order valence-electron chi connectivity index (χ2n) is 2.36. The number of anilines is 1. The molecule has 0 aliphatic heterocycles. The van der Waals surface area contributed by atoms with Crippen molar-refractivity contribution in [3.8, 4) is 12.3 Å². The van der Waals surface area contributed by atoms with Gasteiger partial charge in [0.15, 0.2) is 5.58 Å². The van der Waals surface area contributed by atoms with Crippen molar-refractivity contribution in [2.75, 3.05) is 5.73 Å². The number of nitrogens with zero attached hydrogens (tertiary/aromatic N) is 1. The first-order valence-electron chi connectivity index (χ1n) is 3.43. The van der Waals surface area contributed by atoms with Gasteiger partial charge in [0, 0.05) is 0 Å². The van der Waals surface area contributed by atoms with Gasteiger partial charge in [-0.05, 0) is 18.1 Å². The van der Waals surface area contributed by atoms with E-state index in [9.17, 15) is 0 Å². The number of hydrogen-bond acceptors (Lipinski definition) is 3. The molecule has 0 aliphatic rings. The van der Waals surface area contributed by atoms with Gasteiger partial charge >= 0.3 is 0 Å². The zero-order chi connectivity index (χ0) is 8.55.